The first-order valence-electron chi connectivity index (χ1n) is 11.5. The first-order chi connectivity index (χ1) is 13.2. The molecule has 1 amide bonds. The maximum Gasteiger partial charge on any atom is 0.219 e. The van der Waals surface area contributed by atoms with Gasteiger partial charge in [0.2, 0.25) is 5.91 Å². The van der Waals surface area contributed by atoms with E-state index in [1.54, 1.807) is 18.1 Å². The number of carbonyl (C=O) groups is 1. The van der Waals surface area contributed by atoms with Crippen LogP contribution in [0.5, 0.6) is 0 Å². The van der Waals surface area contributed by atoms with Gasteiger partial charge in [0, 0.05) is 26.1 Å². The molecule has 4 aliphatic rings. The van der Waals surface area contributed by atoms with Crippen molar-refractivity contribution in [1.82, 2.24) is 10.2 Å². The number of hydrogen-bond donors (Lipinski definition) is 1. The normalized spacial score (nSPS) is 43.2. The minimum Gasteiger partial charge on any atom is -0.343 e. The molecule has 0 saturated heterocycles. The van der Waals surface area contributed by atoms with Gasteiger partial charge in [-0.1, -0.05) is 37.1 Å². The van der Waals surface area contributed by atoms with Gasteiger partial charge in [0.25, 0.3) is 0 Å². The molecular formula is C25H40N2O. The highest BCUT2D eigenvalue weighted by Gasteiger charge is 2.56. The van der Waals surface area contributed by atoms with E-state index >= 15 is 0 Å². The summed E-state index contributed by atoms with van der Waals surface area (Å²) in [4.78, 5) is 14.0. The number of nitrogens with one attached hydrogen (secondary N) is 1. The number of carbonyl (C=O) groups excluding carboxylic acids is 1. The van der Waals surface area contributed by atoms with Crippen LogP contribution >= 0.6 is 0 Å². The predicted molar refractivity (Wildman–Crippen MR) is 116 cm³/mol. The predicted octanol–water partition coefficient (Wildman–Crippen LogP) is 4.94. The molecule has 0 bridgehead atoms. The molecule has 2 fully saturated rings. The van der Waals surface area contributed by atoms with Crippen molar-refractivity contribution in [3.8, 4) is 0 Å². The smallest absolute Gasteiger partial charge is 0.219 e. The molecule has 4 rings (SSSR count). The topological polar surface area (TPSA) is 32.3 Å². The second-order valence-corrected chi connectivity index (χ2v) is 10.7. The zero-order valence-electron chi connectivity index (χ0n) is 18.8. The van der Waals surface area contributed by atoms with E-state index < -0.39 is 0 Å². The van der Waals surface area contributed by atoms with Crippen LogP contribution in [-0.4, -0.2) is 37.0 Å². The molecule has 0 heterocycles. The lowest BCUT2D eigenvalue weighted by Gasteiger charge is -2.57. The Labute approximate surface area is 172 Å². The number of fused-ring (bicyclic) bond motifs is 5. The second kappa shape index (κ2) is 7.00. The van der Waals surface area contributed by atoms with E-state index in [-0.39, 0.29) is 11.3 Å². The number of allylic oxidation sites excluding steroid dienone is 3. The highest BCUT2D eigenvalue weighted by atomic mass is 16.2. The molecule has 0 radical (unpaired) electrons. The highest BCUT2D eigenvalue weighted by molar-refractivity contribution is 5.73. The fourth-order valence-corrected chi connectivity index (χ4v) is 7.57. The Balaban J connectivity index is 1.60. The van der Waals surface area contributed by atoms with Gasteiger partial charge in [-0.15, -0.1) is 0 Å². The lowest BCUT2D eigenvalue weighted by Crippen LogP contribution is -2.51. The third kappa shape index (κ3) is 2.83. The Morgan fingerprint density at radius 3 is 2.57 bits per heavy atom. The van der Waals surface area contributed by atoms with Crippen molar-refractivity contribution in [2.75, 3.05) is 14.1 Å². The molecule has 0 spiro atoms. The second-order valence-electron chi connectivity index (χ2n) is 10.7. The van der Waals surface area contributed by atoms with Crippen LogP contribution in [0, 0.1) is 28.6 Å². The maximum atomic E-state index is 12.0. The largest absolute Gasteiger partial charge is 0.343 e. The molecule has 1 N–H and O–H groups in total. The molecule has 0 unspecified atom stereocenters. The molecule has 28 heavy (non-hydrogen) atoms. The number of amides is 1. The third-order valence-electron chi connectivity index (χ3n) is 9.68. The summed E-state index contributed by atoms with van der Waals surface area (Å²) in [5.41, 5.74) is 4.15. The van der Waals surface area contributed by atoms with Crippen LogP contribution in [0.15, 0.2) is 23.3 Å². The summed E-state index contributed by atoms with van der Waals surface area (Å²) in [6, 6.07) is 0.979. The van der Waals surface area contributed by atoms with E-state index in [4.69, 9.17) is 0 Å². The van der Waals surface area contributed by atoms with Gasteiger partial charge in [-0.25, -0.2) is 0 Å². The van der Waals surface area contributed by atoms with E-state index in [2.05, 4.69) is 45.3 Å². The van der Waals surface area contributed by atoms with Crippen LogP contribution in [0.3, 0.4) is 0 Å². The fourth-order valence-electron chi connectivity index (χ4n) is 7.57. The minimum absolute atomic E-state index is 0.192. The van der Waals surface area contributed by atoms with Crippen LogP contribution < -0.4 is 5.32 Å². The Morgan fingerprint density at radius 2 is 1.89 bits per heavy atom. The van der Waals surface area contributed by atoms with Crippen LogP contribution in [0.1, 0.15) is 72.6 Å². The van der Waals surface area contributed by atoms with Gasteiger partial charge in [-0.05, 0) is 87.5 Å². The summed E-state index contributed by atoms with van der Waals surface area (Å²) in [5.74, 6) is 2.29. The summed E-state index contributed by atoms with van der Waals surface area (Å²) in [7, 11) is 4.10. The van der Waals surface area contributed by atoms with Gasteiger partial charge in [0.15, 0.2) is 0 Å². The Kier molecular flexibility index (Phi) is 5.05. The van der Waals surface area contributed by atoms with Crippen LogP contribution in [0.25, 0.3) is 0 Å². The molecule has 0 aromatic carbocycles. The van der Waals surface area contributed by atoms with Crippen molar-refractivity contribution >= 4 is 5.91 Å². The Hall–Kier alpha value is -1.09. The molecule has 0 aromatic heterocycles. The Bertz CT molecular complexity index is 709. The SMILES string of the molecule is CN[C@H]1CC[C@@]2(C)C(=CC[C@H]3C4=CC[C@H]([C@H](C)N(C)C(C)=O)[C@@]4(C)CC[C@@H]32)C1. The van der Waals surface area contributed by atoms with Gasteiger partial charge >= 0.3 is 0 Å². The van der Waals surface area contributed by atoms with E-state index in [1.165, 1.54) is 38.5 Å². The third-order valence-corrected chi connectivity index (χ3v) is 9.68. The first kappa shape index (κ1) is 20.2. The molecule has 3 nitrogen and oxygen atoms in total. The van der Waals surface area contributed by atoms with Crippen molar-refractivity contribution in [2.45, 2.75) is 84.7 Å². The molecule has 2 saturated carbocycles. The van der Waals surface area contributed by atoms with Crippen molar-refractivity contribution in [3.63, 3.8) is 0 Å². The average molecular weight is 385 g/mol. The highest BCUT2D eigenvalue weighted by Crippen LogP contribution is 2.65. The molecule has 0 aliphatic heterocycles. The van der Waals surface area contributed by atoms with Crippen molar-refractivity contribution in [1.29, 1.82) is 0 Å². The standard InChI is InChI=1S/C25H40N2O/c1-16(27(6)17(2)28)21-9-10-22-20-8-7-18-15-19(26-5)11-13-24(18,3)23(20)12-14-25(21,22)4/h7,10,16,19-21,23,26H,8-9,11-15H2,1-6H3/t16-,19-,20-,21+,23-,24-,25+/m0/s1. The first-order valence-corrected chi connectivity index (χ1v) is 11.5. The molecule has 7 atom stereocenters. The molecule has 3 heteroatoms. The average Bonchev–Trinajstić information content (AvgIpc) is 3.03. The van der Waals surface area contributed by atoms with Crippen LogP contribution in [0.2, 0.25) is 0 Å². The van der Waals surface area contributed by atoms with Gasteiger partial charge in [0.05, 0.1) is 0 Å². The van der Waals surface area contributed by atoms with Crippen molar-refractivity contribution < 1.29 is 4.79 Å². The van der Waals surface area contributed by atoms with Gasteiger partial charge in [-0.2, -0.15) is 0 Å². The number of rotatable bonds is 3. The molecule has 4 aliphatic carbocycles. The van der Waals surface area contributed by atoms with Gasteiger partial charge in [-0.3, -0.25) is 4.79 Å². The number of hydrogen-bond acceptors (Lipinski definition) is 2. The Morgan fingerprint density at radius 1 is 1.18 bits per heavy atom. The maximum absolute atomic E-state index is 12.0. The summed E-state index contributed by atoms with van der Waals surface area (Å²) in [6.45, 7) is 9.05. The van der Waals surface area contributed by atoms with Gasteiger partial charge < -0.3 is 10.2 Å². The summed E-state index contributed by atoms with van der Waals surface area (Å²) >= 11 is 0. The number of nitrogens with zero attached hydrogens (tertiary/aromatic N) is 1. The lowest BCUT2D eigenvalue weighted by molar-refractivity contribution is -0.131. The molecule has 0 aromatic rings. The van der Waals surface area contributed by atoms with Crippen molar-refractivity contribution in [2.24, 2.45) is 28.6 Å². The summed E-state index contributed by atoms with van der Waals surface area (Å²) < 4.78 is 0. The van der Waals surface area contributed by atoms with E-state index in [0.29, 0.717) is 23.4 Å². The zero-order chi connectivity index (χ0) is 20.3. The quantitative estimate of drug-likeness (QED) is 0.699. The minimum atomic E-state index is 0.192. The molecular weight excluding hydrogens is 344 g/mol. The van der Waals surface area contributed by atoms with E-state index in [1.807, 2.05) is 11.9 Å². The fraction of sp³-hybridized carbons (Fsp3) is 0.800. The summed E-state index contributed by atoms with van der Waals surface area (Å²) in [5, 5.41) is 3.52. The van der Waals surface area contributed by atoms with E-state index in [0.717, 1.165) is 18.3 Å². The zero-order valence-corrected chi connectivity index (χ0v) is 18.8. The van der Waals surface area contributed by atoms with Crippen LogP contribution in [-0.2, 0) is 4.79 Å². The van der Waals surface area contributed by atoms with Gasteiger partial charge in [0.1, 0.15) is 0 Å². The summed E-state index contributed by atoms with van der Waals surface area (Å²) in [6.07, 6.45) is 14.1. The lowest BCUT2D eigenvalue weighted by atomic mass is 9.48. The monoisotopic (exact) mass is 384 g/mol. The van der Waals surface area contributed by atoms with E-state index in [9.17, 15) is 4.79 Å². The van der Waals surface area contributed by atoms with Crippen LogP contribution in [0.4, 0.5) is 0 Å². The molecule has 156 valence electrons. The van der Waals surface area contributed by atoms with Crippen molar-refractivity contribution in [3.05, 3.63) is 23.3 Å².